The molecular weight excluding hydrogens is 238 g/mol. The Labute approximate surface area is 115 Å². The molecule has 19 heavy (non-hydrogen) atoms. The Balaban J connectivity index is 3.11. The third-order valence-electron chi connectivity index (χ3n) is 3.12. The molecule has 1 rings (SSSR count). The summed E-state index contributed by atoms with van der Waals surface area (Å²) in [6, 6.07) is 3.91. The number of nitrogens with one attached hydrogen (secondary N) is 1. The van der Waals surface area contributed by atoms with Crippen LogP contribution in [-0.4, -0.2) is 11.0 Å². The summed E-state index contributed by atoms with van der Waals surface area (Å²) in [6.07, 6.45) is 1.26. The lowest BCUT2D eigenvalue weighted by atomic mass is 9.91. The Morgan fingerprint density at radius 2 is 1.74 bits per heavy atom. The summed E-state index contributed by atoms with van der Waals surface area (Å²) in [4.78, 5) is 11.2. The van der Waals surface area contributed by atoms with E-state index in [1.54, 1.807) is 0 Å². The van der Waals surface area contributed by atoms with Crippen molar-refractivity contribution in [2.24, 2.45) is 0 Å². The number of benzene rings is 1. The van der Waals surface area contributed by atoms with E-state index in [-0.39, 0.29) is 17.7 Å². The number of phenolic OH excluding ortho intramolecular Hbond substituents is 1. The minimum absolute atomic E-state index is 0.190. The molecule has 0 unspecified atom stereocenters. The topological polar surface area (TPSA) is 49.3 Å². The van der Waals surface area contributed by atoms with Gasteiger partial charge in [-0.15, -0.1) is 0 Å². The van der Waals surface area contributed by atoms with Crippen LogP contribution in [0.25, 0.3) is 0 Å². The van der Waals surface area contributed by atoms with Gasteiger partial charge in [-0.3, -0.25) is 4.79 Å². The molecule has 0 heterocycles. The molecule has 0 aliphatic rings. The summed E-state index contributed by atoms with van der Waals surface area (Å²) >= 11 is 0. The van der Waals surface area contributed by atoms with Crippen molar-refractivity contribution in [1.29, 1.82) is 0 Å². The number of amides is 1. The lowest BCUT2D eigenvalue weighted by Crippen LogP contribution is -2.20. The van der Waals surface area contributed by atoms with Gasteiger partial charge < -0.3 is 10.4 Å². The van der Waals surface area contributed by atoms with Gasteiger partial charge in [-0.2, -0.15) is 0 Å². The summed E-state index contributed by atoms with van der Waals surface area (Å²) in [7, 11) is 0. The first kappa shape index (κ1) is 15.3. The lowest BCUT2D eigenvalue weighted by Gasteiger charge is -2.17. The predicted octanol–water partition coefficient (Wildman–Crippen LogP) is 3.44. The smallest absolute Gasteiger partial charge is 0.243 e. The first-order chi connectivity index (χ1) is 8.86. The van der Waals surface area contributed by atoms with Crippen LogP contribution in [0.3, 0.4) is 0 Å². The highest BCUT2D eigenvalue weighted by molar-refractivity contribution is 5.86. The maximum absolute atomic E-state index is 11.2. The number of hydrogen-bond donors (Lipinski definition) is 2. The van der Waals surface area contributed by atoms with E-state index in [2.05, 4.69) is 11.9 Å². The Morgan fingerprint density at radius 1 is 1.26 bits per heavy atom. The fraction of sp³-hybridized carbons (Fsp3) is 0.438. The maximum atomic E-state index is 11.2. The molecule has 0 atom stereocenters. The molecule has 1 amide bonds. The minimum atomic E-state index is -0.190. The molecule has 0 radical (unpaired) electrons. The largest absolute Gasteiger partial charge is 0.507 e. The highest BCUT2D eigenvalue weighted by Gasteiger charge is 2.15. The molecular formula is C16H23NO2. The zero-order valence-corrected chi connectivity index (χ0v) is 12.2. The lowest BCUT2D eigenvalue weighted by molar-refractivity contribution is -0.116. The van der Waals surface area contributed by atoms with Crippen LogP contribution in [0.2, 0.25) is 0 Å². The summed E-state index contributed by atoms with van der Waals surface area (Å²) < 4.78 is 0. The molecule has 0 aliphatic heterocycles. The standard InChI is InChI=1S/C16H23NO2/c1-6-15(18)17-9-12-7-13(10(2)3)16(19)14(8-12)11(4)5/h6-8,10-11,19H,1,9H2,2-5H3,(H,17,18). The predicted molar refractivity (Wildman–Crippen MR) is 78.3 cm³/mol. The molecule has 0 saturated carbocycles. The minimum Gasteiger partial charge on any atom is -0.507 e. The van der Waals surface area contributed by atoms with Crippen molar-refractivity contribution >= 4 is 5.91 Å². The number of carbonyl (C=O) groups is 1. The SMILES string of the molecule is C=CC(=O)NCc1cc(C(C)C)c(O)c(C(C)C)c1. The van der Waals surface area contributed by atoms with Crippen LogP contribution in [0, 0.1) is 0 Å². The van der Waals surface area contributed by atoms with E-state index in [0.717, 1.165) is 16.7 Å². The highest BCUT2D eigenvalue weighted by Crippen LogP contribution is 2.34. The first-order valence-corrected chi connectivity index (χ1v) is 6.62. The monoisotopic (exact) mass is 261 g/mol. The molecule has 0 fully saturated rings. The molecule has 104 valence electrons. The molecule has 0 aliphatic carbocycles. The Hall–Kier alpha value is -1.77. The van der Waals surface area contributed by atoms with E-state index >= 15 is 0 Å². The molecule has 0 aromatic heterocycles. The first-order valence-electron chi connectivity index (χ1n) is 6.62. The second-order valence-electron chi connectivity index (χ2n) is 5.35. The normalized spacial score (nSPS) is 10.8. The molecule has 0 bridgehead atoms. The van der Waals surface area contributed by atoms with Crippen LogP contribution in [0.15, 0.2) is 24.8 Å². The van der Waals surface area contributed by atoms with E-state index in [0.29, 0.717) is 12.3 Å². The van der Waals surface area contributed by atoms with Gasteiger partial charge in [-0.1, -0.05) is 46.4 Å². The number of rotatable bonds is 5. The van der Waals surface area contributed by atoms with Crippen LogP contribution >= 0.6 is 0 Å². The number of aromatic hydroxyl groups is 1. The summed E-state index contributed by atoms with van der Waals surface area (Å²) in [6.45, 7) is 12.1. The van der Waals surface area contributed by atoms with Crippen LogP contribution in [0.5, 0.6) is 5.75 Å². The summed E-state index contributed by atoms with van der Waals surface area (Å²) in [5.41, 5.74) is 2.85. The van der Waals surface area contributed by atoms with Crippen LogP contribution in [0.1, 0.15) is 56.2 Å². The summed E-state index contributed by atoms with van der Waals surface area (Å²) in [5.74, 6) is 0.675. The van der Waals surface area contributed by atoms with Crippen LogP contribution < -0.4 is 5.32 Å². The third kappa shape index (κ3) is 3.85. The van der Waals surface area contributed by atoms with Crippen molar-refractivity contribution in [2.75, 3.05) is 0 Å². The van der Waals surface area contributed by atoms with Gasteiger partial charge in [-0.05, 0) is 34.6 Å². The second kappa shape index (κ2) is 6.41. The Morgan fingerprint density at radius 3 is 2.11 bits per heavy atom. The Bertz CT molecular complexity index is 447. The fourth-order valence-electron chi connectivity index (χ4n) is 1.99. The third-order valence-corrected chi connectivity index (χ3v) is 3.12. The van der Waals surface area contributed by atoms with Crippen LogP contribution in [-0.2, 0) is 11.3 Å². The molecule has 3 nitrogen and oxygen atoms in total. The molecule has 0 spiro atoms. The van der Waals surface area contributed by atoms with Gasteiger partial charge in [0.15, 0.2) is 0 Å². The second-order valence-corrected chi connectivity index (χ2v) is 5.35. The molecule has 2 N–H and O–H groups in total. The molecule has 1 aromatic rings. The zero-order chi connectivity index (χ0) is 14.6. The molecule has 0 saturated heterocycles. The van der Waals surface area contributed by atoms with Gasteiger partial charge in [-0.25, -0.2) is 0 Å². The van der Waals surface area contributed by atoms with E-state index in [4.69, 9.17) is 0 Å². The fourth-order valence-corrected chi connectivity index (χ4v) is 1.99. The van der Waals surface area contributed by atoms with Gasteiger partial charge in [0.2, 0.25) is 5.91 Å². The average molecular weight is 261 g/mol. The van der Waals surface area contributed by atoms with Crippen molar-refractivity contribution in [3.8, 4) is 5.75 Å². The number of carbonyl (C=O) groups excluding carboxylic acids is 1. The van der Waals surface area contributed by atoms with E-state index < -0.39 is 0 Å². The van der Waals surface area contributed by atoms with E-state index in [1.807, 2.05) is 39.8 Å². The van der Waals surface area contributed by atoms with Gasteiger partial charge in [0.25, 0.3) is 0 Å². The average Bonchev–Trinajstić information content (AvgIpc) is 2.36. The van der Waals surface area contributed by atoms with Crippen molar-refractivity contribution in [3.05, 3.63) is 41.5 Å². The summed E-state index contributed by atoms with van der Waals surface area (Å²) in [5, 5.41) is 13.0. The Kier molecular flexibility index (Phi) is 5.16. The van der Waals surface area contributed by atoms with Crippen molar-refractivity contribution in [2.45, 2.75) is 46.1 Å². The molecule has 3 heteroatoms. The van der Waals surface area contributed by atoms with Crippen molar-refractivity contribution in [1.82, 2.24) is 5.32 Å². The van der Waals surface area contributed by atoms with Gasteiger partial charge in [0.1, 0.15) is 5.75 Å². The van der Waals surface area contributed by atoms with Gasteiger partial charge in [0.05, 0.1) is 0 Å². The van der Waals surface area contributed by atoms with Gasteiger partial charge in [0, 0.05) is 6.54 Å². The highest BCUT2D eigenvalue weighted by atomic mass is 16.3. The van der Waals surface area contributed by atoms with Gasteiger partial charge >= 0.3 is 0 Å². The number of phenols is 1. The number of hydrogen-bond acceptors (Lipinski definition) is 2. The van der Waals surface area contributed by atoms with Crippen LogP contribution in [0.4, 0.5) is 0 Å². The van der Waals surface area contributed by atoms with E-state index in [9.17, 15) is 9.90 Å². The van der Waals surface area contributed by atoms with Crippen molar-refractivity contribution in [3.63, 3.8) is 0 Å². The van der Waals surface area contributed by atoms with E-state index in [1.165, 1.54) is 6.08 Å². The molecule has 1 aromatic carbocycles. The zero-order valence-electron chi connectivity index (χ0n) is 12.2. The maximum Gasteiger partial charge on any atom is 0.243 e. The van der Waals surface area contributed by atoms with Crippen molar-refractivity contribution < 1.29 is 9.90 Å². The quantitative estimate of drug-likeness (QED) is 0.798.